The minimum absolute atomic E-state index is 0.00313. The summed E-state index contributed by atoms with van der Waals surface area (Å²) in [7, 11) is 0. The van der Waals surface area contributed by atoms with Gasteiger partial charge >= 0.3 is 0 Å². The van der Waals surface area contributed by atoms with Crippen molar-refractivity contribution in [2.45, 2.75) is 32.2 Å². The summed E-state index contributed by atoms with van der Waals surface area (Å²) in [5.41, 5.74) is 6.36. The highest BCUT2D eigenvalue weighted by atomic mass is 19.1. The lowest BCUT2D eigenvalue weighted by Crippen LogP contribution is -2.33. The van der Waals surface area contributed by atoms with E-state index in [9.17, 15) is 9.18 Å². The molecule has 19 heavy (non-hydrogen) atoms. The lowest BCUT2D eigenvalue weighted by molar-refractivity contribution is -0.121. The summed E-state index contributed by atoms with van der Waals surface area (Å²) in [4.78, 5) is 13.4. The molecule has 0 unspecified atom stereocenters. The van der Waals surface area contributed by atoms with Crippen LogP contribution in [0.4, 0.5) is 4.39 Å². The van der Waals surface area contributed by atoms with Gasteiger partial charge in [-0.3, -0.25) is 9.69 Å². The molecule has 1 heterocycles. The van der Waals surface area contributed by atoms with Crippen LogP contribution in [0, 0.1) is 11.7 Å². The number of hydrogen-bond acceptors (Lipinski definition) is 2. The Kier molecular flexibility index (Phi) is 4.53. The van der Waals surface area contributed by atoms with Crippen LogP contribution < -0.4 is 5.73 Å². The number of nitrogens with two attached hydrogens (primary N) is 1. The van der Waals surface area contributed by atoms with Gasteiger partial charge in [0.2, 0.25) is 5.91 Å². The summed E-state index contributed by atoms with van der Waals surface area (Å²) >= 11 is 0. The number of benzene rings is 1. The standard InChI is InChI=1S/C15H21FN2O/c1-11(18-8-7-13(10-18)15(17)19)5-6-12-3-2-4-14(16)9-12/h2-4,9,11,13H,5-8,10H2,1H3,(H2,17,19)/t11-,13+/m0/s1. The number of amides is 1. The van der Waals surface area contributed by atoms with Crippen molar-refractivity contribution in [2.75, 3.05) is 13.1 Å². The van der Waals surface area contributed by atoms with E-state index in [-0.39, 0.29) is 17.6 Å². The van der Waals surface area contributed by atoms with Gasteiger partial charge in [-0.25, -0.2) is 4.39 Å². The lowest BCUT2D eigenvalue weighted by atomic mass is 10.1. The quantitative estimate of drug-likeness (QED) is 0.883. The first kappa shape index (κ1) is 14.0. The molecule has 0 saturated carbocycles. The number of primary amides is 1. The molecule has 0 spiro atoms. The van der Waals surface area contributed by atoms with Crippen molar-refractivity contribution in [1.82, 2.24) is 4.90 Å². The normalized spacial score (nSPS) is 21.5. The molecule has 1 aliphatic heterocycles. The van der Waals surface area contributed by atoms with Gasteiger partial charge in [0.15, 0.2) is 0 Å². The van der Waals surface area contributed by atoms with Gasteiger partial charge in [0.25, 0.3) is 0 Å². The predicted molar refractivity (Wildman–Crippen MR) is 73.1 cm³/mol. The molecule has 0 aromatic heterocycles. The second kappa shape index (κ2) is 6.15. The van der Waals surface area contributed by atoms with Gasteiger partial charge in [0.1, 0.15) is 5.82 Å². The Bertz CT molecular complexity index is 450. The van der Waals surface area contributed by atoms with Crippen molar-refractivity contribution in [3.8, 4) is 0 Å². The van der Waals surface area contributed by atoms with E-state index in [1.165, 1.54) is 6.07 Å². The fourth-order valence-electron chi connectivity index (χ4n) is 2.67. The Morgan fingerprint density at radius 3 is 3.00 bits per heavy atom. The Morgan fingerprint density at radius 2 is 2.37 bits per heavy atom. The fraction of sp³-hybridized carbons (Fsp3) is 0.533. The monoisotopic (exact) mass is 264 g/mol. The molecule has 104 valence electrons. The van der Waals surface area contributed by atoms with Crippen LogP contribution in [0.15, 0.2) is 24.3 Å². The zero-order valence-electron chi connectivity index (χ0n) is 11.3. The number of likely N-dealkylation sites (tertiary alicyclic amines) is 1. The average Bonchev–Trinajstić information content (AvgIpc) is 2.86. The van der Waals surface area contributed by atoms with Crippen molar-refractivity contribution in [2.24, 2.45) is 11.7 Å². The smallest absolute Gasteiger partial charge is 0.221 e. The fourth-order valence-corrected chi connectivity index (χ4v) is 2.67. The van der Waals surface area contributed by atoms with E-state index in [1.807, 2.05) is 6.07 Å². The number of rotatable bonds is 5. The third-order valence-electron chi connectivity index (χ3n) is 3.99. The third kappa shape index (κ3) is 3.77. The minimum atomic E-state index is -0.195. The topological polar surface area (TPSA) is 46.3 Å². The first-order valence-corrected chi connectivity index (χ1v) is 6.84. The number of nitrogens with zero attached hydrogens (tertiary/aromatic N) is 1. The molecular formula is C15H21FN2O. The van der Waals surface area contributed by atoms with Crippen molar-refractivity contribution in [1.29, 1.82) is 0 Å². The van der Waals surface area contributed by atoms with Gasteiger partial charge in [-0.1, -0.05) is 12.1 Å². The molecule has 1 fully saturated rings. The molecular weight excluding hydrogens is 243 g/mol. The average molecular weight is 264 g/mol. The third-order valence-corrected chi connectivity index (χ3v) is 3.99. The summed E-state index contributed by atoms with van der Waals surface area (Å²) in [6.07, 6.45) is 2.69. The molecule has 1 aromatic rings. The van der Waals surface area contributed by atoms with E-state index in [1.54, 1.807) is 12.1 Å². The van der Waals surface area contributed by atoms with Gasteiger partial charge < -0.3 is 5.73 Å². The molecule has 3 nitrogen and oxygen atoms in total. The zero-order chi connectivity index (χ0) is 13.8. The van der Waals surface area contributed by atoms with Gasteiger partial charge in [0.05, 0.1) is 5.92 Å². The maximum atomic E-state index is 13.1. The molecule has 1 amide bonds. The van der Waals surface area contributed by atoms with E-state index in [0.717, 1.165) is 37.9 Å². The molecule has 0 aliphatic carbocycles. The van der Waals surface area contributed by atoms with E-state index >= 15 is 0 Å². The van der Waals surface area contributed by atoms with Crippen LogP contribution in [0.5, 0.6) is 0 Å². The summed E-state index contributed by atoms with van der Waals surface area (Å²) in [6, 6.07) is 7.14. The summed E-state index contributed by atoms with van der Waals surface area (Å²) in [5, 5.41) is 0. The highest BCUT2D eigenvalue weighted by Gasteiger charge is 2.28. The number of hydrogen-bond donors (Lipinski definition) is 1. The van der Waals surface area contributed by atoms with Crippen LogP contribution in [-0.2, 0) is 11.2 Å². The number of carbonyl (C=O) groups is 1. The lowest BCUT2D eigenvalue weighted by Gasteiger charge is -2.24. The maximum Gasteiger partial charge on any atom is 0.221 e. The molecule has 2 atom stereocenters. The minimum Gasteiger partial charge on any atom is -0.369 e. The molecule has 4 heteroatoms. The number of halogens is 1. The van der Waals surface area contributed by atoms with Crippen molar-refractivity contribution in [3.63, 3.8) is 0 Å². The Balaban J connectivity index is 1.82. The highest BCUT2D eigenvalue weighted by Crippen LogP contribution is 2.20. The SMILES string of the molecule is C[C@@H](CCc1cccc(F)c1)N1CC[C@@H](C(N)=O)C1. The van der Waals surface area contributed by atoms with Gasteiger partial charge in [-0.05, 0) is 50.4 Å². The van der Waals surface area contributed by atoms with Crippen molar-refractivity contribution < 1.29 is 9.18 Å². The van der Waals surface area contributed by atoms with Gasteiger partial charge in [0, 0.05) is 12.6 Å². The van der Waals surface area contributed by atoms with Crippen LogP contribution >= 0.6 is 0 Å². The molecule has 1 aromatic carbocycles. The van der Waals surface area contributed by atoms with Crippen LogP contribution in [0.25, 0.3) is 0 Å². The number of carbonyl (C=O) groups excluding carboxylic acids is 1. The first-order valence-electron chi connectivity index (χ1n) is 6.84. The predicted octanol–water partition coefficient (Wildman–Crippen LogP) is 1.95. The summed E-state index contributed by atoms with van der Waals surface area (Å²) < 4.78 is 13.1. The van der Waals surface area contributed by atoms with Crippen molar-refractivity contribution >= 4 is 5.91 Å². The van der Waals surface area contributed by atoms with Gasteiger partial charge in [-0.15, -0.1) is 0 Å². The summed E-state index contributed by atoms with van der Waals surface area (Å²) in [6.45, 7) is 3.85. The van der Waals surface area contributed by atoms with Crippen LogP contribution in [0.2, 0.25) is 0 Å². The van der Waals surface area contributed by atoms with E-state index < -0.39 is 0 Å². The van der Waals surface area contributed by atoms with Crippen molar-refractivity contribution in [3.05, 3.63) is 35.6 Å². The second-order valence-electron chi connectivity index (χ2n) is 5.40. The Labute approximate surface area is 113 Å². The summed E-state index contributed by atoms with van der Waals surface area (Å²) in [5.74, 6) is -0.378. The van der Waals surface area contributed by atoms with E-state index in [4.69, 9.17) is 5.73 Å². The maximum absolute atomic E-state index is 13.1. The largest absolute Gasteiger partial charge is 0.369 e. The molecule has 0 radical (unpaired) electrons. The zero-order valence-corrected chi connectivity index (χ0v) is 11.3. The Hall–Kier alpha value is -1.42. The van der Waals surface area contributed by atoms with Gasteiger partial charge in [-0.2, -0.15) is 0 Å². The van der Waals surface area contributed by atoms with Crippen LogP contribution in [0.1, 0.15) is 25.3 Å². The molecule has 1 saturated heterocycles. The van der Waals surface area contributed by atoms with Crippen LogP contribution in [-0.4, -0.2) is 29.9 Å². The Morgan fingerprint density at radius 1 is 1.58 bits per heavy atom. The first-order chi connectivity index (χ1) is 9.06. The second-order valence-corrected chi connectivity index (χ2v) is 5.40. The van der Waals surface area contributed by atoms with E-state index in [2.05, 4.69) is 11.8 Å². The molecule has 2 rings (SSSR count). The highest BCUT2D eigenvalue weighted by molar-refractivity contribution is 5.77. The van der Waals surface area contributed by atoms with Crippen LogP contribution in [0.3, 0.4) is 0 Å². The van der Waals surface area contributed by atoms with E-state index in [0.29, 0.717) is 6.04 Å². The molecule has 0 bridgehead atoms. The molecule has 2 N–H and O–H groups in total. The molecule has 1 aliphatic rings. The number of aryl methyl sites for hydroxylation is 1.